The molecule has 1 aromatic carbocycles. The predicted molar refractivity (Wildman–Crippen MR) is 96.9 cm³/mol. The molecular formula is C19H21N5O2. The van der Waals surface area contributed by atoms with Crippen LogP contribution in [0, 0.1) is 0 Å². The standard InChI is InChI=1S/C19H21N5O2/c1-26-15-7-3-2-5-13(15)11-16(25)24-10-4-6-14(12-24)17-18-19(23-22-17)21-9-8-20-18/h2-3,5,7-9,14H,4,6,10-12H2,1H3,(H,21,22,23). The third-order valence-corrected chi connectivity index (χ3v) is 4.93. The number of likely N-dealkylation sites (tertiary alicyclic amines) is 1. The molecule has 0 radical (unpaired) electrons. The Labute approximate surface area is 151 Å². The topological polar surface area (TPSA) is 84.0 Å². The second-order valence-electron chi connectivity index (χ2n) is 6.53. The average molecular weight is 351 g/mol. The Balaban J connectivity index is 1.50. The SMILES string of the molecule is COc1ccccc1CC(=O)N1CCCC(c2[nH]nc3nccnc23)C1. The van der Waals surface area contributed by atoms with Gasteiger partial charge in [-0.15, -0.1) is 0 Å². The maximum absolute atomic E-state index is 12.8. The highest BCUT2D eigenvalue weighted by atomic mass is 16.5. The summed E-state index contributed by atoms with van der Waals surface area (Å²) < 4.78 is 5.36. The molecule has 1 N–H and O–H groups in total. The number of hydrogen-bond acceptors (Lipinski definition) is 5. The van der Waals surface area contributed by atoms with Gasteiger partial charge in [0.15, 0.2) is 5.65 Å². The number of nitrogens with zero attached hydrogens (tertiary/aromatic N) is 4. The van der Waals surface area contributed by atoms with E-state index in [1.165, 1.54) is 0 Å². The quantitative estimate of drug-likeness (QED) is 0.780. The molecule has 1 atom stereocenters. The van der Waals surface area contributed by atoms with Crippen LogP contribution in [-0.4, -0.2) is 51.2 Å². The number of methoxy groups -OCH3 is 1. The number of piperidine rings is 1. The highest BCUT2D eigenvalue weighted by Crippen LogP contribution is 2.29. The van der Waals surface area contributed by atoms with Crippen LogP contribution in [0.25, 0.3) is 11.2 Å². The van der Waals surface area contributed by atoms with Gasteiger partial charge in [-0.25, -0.2) is 9.97 Å². The summed E-state index contributed by atoms with van der Waals surface area (Å²) in [6.07, 6.45) is 5.63. The lowest BCUT2D eigenvalue weighted by molar-refractivity contribution is -0.131. The van der Waals surface area contributed by atoms with Crippen molar-refractivity contribution in [3.63, 3.8) is 0 Å². The Hall–Kier alpha value is -2.96. The third-order valence-electron chi connectivity index (χ3n) is 4.93. The van der Waals surface area contributed by atoms with Gasteiger partial charge in [0.25, 0.3) is 0 Å². The predicted octanol–water partition coefficient (Wildman–Crippen LogP) is 2.31. The number of aromatic nitrogens is 4. The number of H-pyrrole nitrogens is 1. The van der Waals surface area contributed by atoms with Crippen molar-refractivity contribution in [3.05, 3.63) is 47.9 Å². The van der Waals surface area contributed by atoms with Gasteiger partial charge in [0, 0.05) is 37.0 Å². The van der Waals surface area contributed by atoms with Crippen molar-refractivity contribution in [2.24, 2.45) is 0 Å². The highest BCUT2D eigenvalue weighted by Gasteiger charge is 2.28. The first-order chi connectivity index (χ1) is 12.8. The van der Waals surface area contributed by atoms with Gasteiger partial charge in [0.05, 0.1) is 19.2 Å². The molecule has 0 bridgehead atoms. The second-order valence-corrected chi connectivity index (χ2v) is 6.53. The number of carbonyl (C=O) groups excluding carboxylic acids is 1. The van der Waals surface area contributed by atoms with E-state index in [1.54, 1.807) is 19.5 Å². The minimum Gasteiger partial charge on any atom is -0.496 e. The molecular weight excluding hydrogens is 330 g/mol. The van der Waals surface area contributed by atoms with Crippen molar-refractivity contribution >= 4 is 17.1 Å². The highest BCUT2D eigenvalue weighted by molar-refractivity contribution is 5.80. The summed E-state index contributed by atoms with van der Waals surface area (Å²) in [5.41, 5.74) is 3.32. The molecule has 0 spiro atoms. The number of aromatic amines is 1. The normalized spacial score (nSPS) is 17.4. The maximum atomic E-state index is 12.8. The number of nitrogens with one attached hydrogen (secondary N) is 1. The lowest BCUT2D eigenvalue weighted by Crippen LogP contribution is -2.40. The van der Waals surface area contributed by atoms with Crippen LogP contribution >= 0.6 is 0 Å². The molecule has 0 saturated carbocycles. The zero-order valence-corrected chi connectivity index (χ0v) is 14.7. The molecule has 1 amide bonds. The van der Waals surface area contributed by atoms with Crippen LogP contribution in [0.5, 0.6) is 5.75 Å². The van der Waals surface area contributed by atoms with E-state index in [2.05, 4.69) is 20.2 Å². The summed E-state index contributed by atoms with van der Waals surface area (Å²) in [5.74, 6) is 1.07. The lowest BCUT2D eigenvalue weighted by atomic mass is 9.94. The Morgan fingerprint density at radius 3 is 3.04 bits per heavy atom. The fourth-order valence-electron chi connectivity index (χ4n) is 3.62. The van der Waals surface area contributed by atoms with Crippen molar-refractivity contribution < 1.29 is 9.53 Å². The van der Waals surface area contributed by atoms with Crippen LogP contribution in [0.4, 0.5) is 0 Å². The summed E-state index contributed by atoms with van der Waals surface area (Å²) in [7, 11) is 1.63. The Morgan fingerprint density at radius 1 is 1.31 bits per heavy atom. The second kappa shape index (κ2) is 7.11. The van der Waals surface area contributed by atoms with Crippen LogP contribution in [0.1, 0.15) is 30.0 Å². The van der Waals surface area contributed by atoms with Gasteiger partial charge in [0.1, 0.15) is 11.3 Å². The fraction of sp³-hybridized carbons (Fsp3) is 0.368. The van der Waals surface area contributed by atoms with Crippen LogP contribution in [0.2, 0.25) is 0 Å². The molecule has 7 heteroatoms. The Morgan fingerprint density at radius 2 is 2.15 bits per heavy atom. The zero-order chi connectivity index (χ0) is 17.9. The minimum absolute atomic E-state index is 0.120. The average Bonchev–Trinajstić information content (AvgIpc) is 3.12. The number of ether oxygens (including phenoxy) is 1. The molecule has 2 aromatic heterocycles. The van der Waals surface area contributed by atoms with Crippen LogP contribution in [0.3, 0.4) is 0 Å². The number of amides is 1. The van der Waals surface area contributed by atoms with Crippen molar-refractivity contribution in [2.45, 2.75) is 25.2 Å². The van der Waals surface area contributed by atoms with E-state index in [1.807, 2.05) is 29.2 Å². The number of hydrogen-bond donors (Lipinski definition) is 1. The first-order valence-corrected chi connectivity index (χ1v) is 8.81. The number of rotatable bonds is 4. The Kier molecular flexibility index (Phi) is 4.51. The van der Waals surface area contributed by atoms with E-state index in [0.717, 1.165) is 41.9 Å². The van der Waals surface area contributed by atoms with E-state index in [9.17, 15) is 4.79 Å². The van der Waals surface area contributed by atoms with Gasteiger partial charge >= 0.3 is 0 Å². The minimum atomic E-state index is 0.120. The van der Waals surface area contributed by atoms with Crippen LogP contribution in [0.15, 0.2) is 36.7 Å². The monoisotopic (exact) mass is 351 g/mol. The van der Waals surface area contributed by atoms with Crippen molar-refractivity contribution in [1.82, 2.24) is 25.1 Å². The Bertz CT molecular complexity index is 923. The lowest BCUT2D eigenvalue weighted by Gasteiger charge is -2.32. The summed E-state index contributed by atoms with van der Waals surface area (Å²) in [6, 6.07) is 7.67. The molecule has 3 aromatic rings. The van der Waals surface area contributed by atoms with Gasteiger partial charge in [-0.1, -0.05) is 18.2 Å². The van der Waals surface area contributed by atoms with Crippen LogP contribution < -0.4 is 4.74 Å². The van der Waals surface area contributed by atoms with Crippen molar-refractivity contribution in [3.8, 4) is 5.75 Å². The first-order valence-electron chi connectivity index (χ1n) is 8.81. The molecule has 7 nitrogen and oxygen atoms in total. The number of para-hydroxylation sites is 1. The zero-order valence-electron chi connectivity index (χ0n) is 14.7. The smallest absolute Gasteiger partial charge is 0.227 e. The van der Waals surface area contributed by atoms with E-state index in [4.69, 9.17) is 4.74 Å². The molecule has 3 heterocycles. The molecule has 1 fully saturated rings. The number of fused-ring (bicyclic) bond motifs is 1. The van der Waals surface area contributed by atoms with E-state index < -0.39 is 0 Å². The summed E-state index contributed by atoms with van der Waals surface area (Å²) in [4.78, 5) is 23.4. The van der Waals surface area contributed by atoms with Gasteiger partial charge in [-0.2, -0.15) is 5.10 Å². The van der Waals surface area contributed by atoms with E-state index in [0.29, 0.717) is 18.6 Å². The van der Waals surface area contributed by atoms with Crippen molar-refractivity contribution in [2.75, 3.05) is 20.2 Å². The number of carbonyl (C=O) groups is 1. The molecule has 4 rings (SSSR count). The summed E-state index contributed by atoms with van der Waals surface area (Å²) >= 11 is 0. The molecule has 1 aliphatic rings. The first kappa shape index (κ1) is 16.5. The third kappa shape index (κ3) is 3.12. The molecule has 0 aliphatic carbocycles. The maximum Gasteiger partial charge on any atom is 0.227 e. The molecule has 1 aliphatic heterocycles. The van der Waals surface area contributed by atoms with Gasteiger partial charge in [0.2, 0.25) is 5.91 Å². The molecule has 1 unspecified atom stereocenters. The molecule has 134 valence electrons. The molecule has 1 saturated heterocycles. The summed E-state index contributed by atoms with van der Waals surface area (Å²) in [6.45, 7) is 1.45. The number of benzene rings is 1. The molecule has 26 heavy (non-hydrogen) atoms. The fourth-order valence-corrected chi connectivity index (χ4v) is 3.62. The van der Waals surface area contributed by atoms with Gasteiger partial charge in [-0.3, -0.25) is 9.89 Å². The van der Waals surface area contributed by atoms with Gasteiger partial charge in [-0.05, 0) is 18.9 Å². The summed E-state index contributed by atoms with van der Waals surface area (Å²) in [5, 5.41) is 7.31. The van der Waals surface area contributed by atoms with Crippen molar-refractivity contribution in [1.29, 1.82) is 0 Å². The van der Waals surface area contributed by atoms with Crippen LogP contribution in [-0.2, 0) is 11.2 Å². The largest absolute Gasteiger partial charge is 0.496 e. The van der Waals surface area contributed by atoms with Gasteiger partial charge < -0.3 is 9.64 Å². The van der Waals surface area contributed by atoms with E-state index >= 15 is 0 Å². The van der Waals surface area contributed by atoms with E-state index in [-0.39, 0.29) is 11.8 Å².